The van der Waals surface area contributed by atoms with Gasteiger partial charge in [-0.1, -0.05) is 0 Å². The van der Waals surface area contributed by atoms with Crippen molar-refractivity contribution in [1.82, 2.24) is 29.7 Å². The maximum absolute atomic E-state index is 11.6. The van der Waals surface area contributed by atoms with Crippen LogP contribution in [0.3, 0.4) is 0 Å². The van der Waals surface area contributed by atoms with Gasteiger partial charge in [-0.05, 0) is 6.92 Å². The van der Waals surface area contributed by atoms with Gasteiger partial charge in [0.2, 0.25) is 0 Å². The third-order valence-electron chi connectivity index (χ3n) is 2.51. The van der Waals surface area contributed by atoms with Gasteiger partial charge in [0.05, 0.1) is 24.7 Å². The number of carbonyl (C=O) groups excluding carboxylic acids is 1. The number of ether oxygens (including phenoxy) is 1. The van der Waals surface area contributed by atoms with E-state index in [0.29, 0.717) is 29.2 Å². The van der Waals surface area contributed by atoms with Crippen LogP contribution in [-0.4, -0.2) is 42.3 Å². The van der Waals surface area contributed by atoms with Gasteiger partial charge in [-0.25, -0.2) is 24.4 Å². The third-order valence-corrected chi connectivity index (χ3v) is 2.51. The summed E-state index contributed by atoms with van der Waals surface area (Å²) in [6.07, 6.45) is 5.91. The highest BCUT2D eigenvalue weighted by molar-refractivity contribution is 5.89. The van der Waals surface area contributed by atoms with Crippen LogP contribution in [0.5, 0.6) is 0 Å². The lowest BCUT2D eigenvalue weighted by molar-refractivity contribution is 0.0526. The van der Waals surface area contributed by atoms with E-state index in [1.165, 1.54) is 23.5 Å². The van der Waals surface area contributed by atoms with Gasteiger partial charge in [0.15, 0.2) is 11.5 Å². The standard InChI is InChI=1S/C11H10N6O2/c1-2-19-11(18)7-3-16-17(4-7)10-8-9(13-5-12-8)14-6-15-10/h3-6H,2H2,1H3,(H,12,13,14,15). The molecule has 3 aromatic rings. The number of imidazole rings is 1. The first-order valence-corrected chi connectivity index (χ1v) is 5.66. The summed E-state index contributed by atoms with van der Waals surface area (Å²) in [7, 11) is 0. The van der Waals surface area contributed by atoms with Crippen molar-refractivity contribution in [1.29, 1.82) is 0 Å². The van der Waals surface area contributed by atoms with Crippen molar-refractivity contribution in [2.24, 2.45) is 0 Å². The zero-order valence-electron chi connectivity index (χ0n) is 10.1. The number of rotatable bonds is 3. The Hall–Kier alpha value is -2.77. The quantitative estimate of drug-likeness (QED) is 0.695. The molecule has 0 unspecified atom stereocenters. The number of carbonyl (C=O) groups is 1. The van der Waals surface area contributed by atoms with Crippen LogP contribution in [0.1, 0.15) is 17.3 Å². The first-order chi connectivity index (χ1) is 9.29. The summed E-state index contributed by atoms with van der Waals surface area (Å²) in [5, 5.41) is 4.10. The first-order valence-electron chi connectivity index (χ1n) is 5.66. The normalized spacial score (nSPS) is 10.8. The zero-order chi connectivity index (χ0) is 13.2. The highest BCUT2D eigenvalue weighted by atomic mass is 16.5. The summed E-state index contributed by atoms with van der Waals surface area (Å²) >= 11 is 0. The molecule has 0 saturated heterocycles. The summed E-state index contributed by atoms with van der Waals surface area (Å²) in [5.74, 6) is 0.113. The van der Waals surface area contributed by atoms with Crippen molar-refractivity contribution < 1.29 is 9.53 Å². The topological polar surface area (TPSA) is 98.6 Å². The molecule has 19 heavy (non-hydrogen) atoms. The Morgan fingerprint density at radius 3 is 3.16 bits per heavy atom. The molecule has 96 valence electrons. The van der Waals surface area contributed by atoms with Crippen molar-refractivity contribution >= 4 is 17.1 Å². The monoisotopic (exact) mass is 258 g/mol. The van der Waals surface area contributed by atoms with Crippen LogP contribution in [0.4, 0.5) is 0 Å². The minimum absolute atomic E-state index is 0.322. The number of aromatic amines is 1. The first kappa shape index (κ1) is 11.3. The average Bonchev–Trinajstić information content (AvgIpc) is 3.07. The van der Waals surface area contributed by atoms with Gasteiger partial charge in [0, 0.05) is 6.20 Å². The molecule has 8 nitrogen and oxygen atoms in total. The maximum Gasteiger partial charge on any atom is 0.341 e. The molecule has 0 radical (unpaired) electrons. The lowest BCUT2D eigenvalue weighted by atomic mass is 10.4. The molecule has 3 aromatic heterocycles. The lowest BCUT2D eigenvalue weighted by Crippen LogP contribution is -2.03. The van der Waals surface area contributed by atoms with E-state index in [9.17, 15) is 4.79 Å². The van der Waals surface area contributed by atoms with Gasteiger partial charge in [-0.3, -0.25) is 0 Å². The molecule has 0 fully saturated rings. The largest absolute Gasteiger partial charge is 0.462 e. The van der Waals surface area contributed by atoms with Crippen molar-refractivity contribution in [3.63, 3.8) is 0 Å². The van der Waals surface area contributed by atoms with Gasteiger partial charge in [-0.2, -0.15) is 5.10 Å². The molecule has 0 aliphatic rings. The number of fused-ring (bicyclic) bond motifs is 1. The molecule has 0 aliphatic carbocycles. The highest BCUT2D eigenvalue weighted by Crippen LogP contribution is 2.14. The van der Waals surface area contributed by atoms with E-state index in [1.807, 2.05) is 0 Å². The van der Waals surface area contributed by atoms with Crippen LogP contribution in [0.15, 0.2) is 25.0 Å². The van der Waals surface area contributed by atoms with Crippen molar-refractivity contribution in [3.05, 3.63) is 30.6 Å². The molecular weight excluding hydrogens is 248 g/mol. The molecule has 3 rings (SSSR count). The Morgan fingerprint density at radius 1 is 1.42 bits per heavy atom. The third kappa shape index (κ3) is 1.92. The van der Waals surface area contributed by atoms with Crippen LogP contribution in [0.2, 0.25) is 0 Å². The van der Waals surface area contributed by atoms with Crippen molar-refractivity contribution in [3.8, 4) is 5.82 Å². The van der Waals surface area contributed by atoms with E-state index in [0.717, 1.165) is 0 Å². The average molecular weight is 258 g/mol. The van der Waals surface area contributed by atoms with E-state index in [-0.39, 0.29) is 0 Å². The minimum atomic E-state index is -0.413. The van der Waals surface area contributed by atoms with Crippen LogP contribution < -0.4 is 0 Å². The minimum Gasteiger partial charge on any atom is -0.462 e. The van der Waals surface area contributed by atoms with E-state index < -0.39 is 5.97 Å². The van der Waals surface area contributed by atoms with E-state index in [2.05, 4.69) is 25.0 Å². The molecule has 0 aromatic carbocycles. The Kier molecular flexibility index (Phi) is 2.67. The summed E-state index contributed by atoms with van der Waals surface area (Å²) in [6, 6.07) is 0. The summed E-state index contributed by atoms with van der Waals surface area (Å²) in [6.45, 7) is 2.07. The van der Waals surface area contributed by atoms with E-state index in [4.69, 9.17) is 4.74 Å². The second kappa shape index (κ2) is 4.48. The lowest BCUT2D eigenvalue weighted by Gasteiger charge is -2.00. The van der Waals surface area contributed by atoms with Gasteiger partial charge < -0.3 is 9.72 Å². The maximum atomic E-state index is 11.6. The number of nitrogens with zero attached hydrogens (tertiary/aromatic N) is 5. The second-order valence-electron chi connectivity index (χ2n) is 3.69. The second-order valence-corrected chi connectivity index (χ2v) is 3.69. The fraction of sp³-hybridized carbons (Fsp3) is 0.182. The fourth-order valence-electron chi connectivity index (χ4n) is 1.68. The molecule has 3 heterocycles. The Morgan fingerprint density at radius 2 is 2.32 bits per heavy atom. The molecule has 1 N–H and O–H groups in total. The Bertz CT molecular complexity index is 731. The van der Waals surface area contributed by atoms with Crippen LogP contribution >= 0.6 is 0 Å². The number of nitrogens with one attached hydrogen (secondary N) is 1. The van der Waals surface area contributed by atoms with Crippen molar-refractivity contribution in [2.75, 3.05) is 6.61 Å². The zero-order valence-corrected chi connectivity index (χ0v) is 10.1. The Balaban J connectivity index is 2.03. The predicted octanol–water partition coefficient (Wildman–Crippen LogP) is 0.715. The Labute approximate surface area is 107 Å². The fourth-order valence-corrected chi connectivity index (χ4v) is 1.68. The number of hydrogen-bond donors (Lipinski definition) is 1. The summed E-state index contributed by atoms with van der Waals surface area (Å²) < 4.78 is 6.39. The smallest absolute Gasteiger partial charge is 0.341 e. The van der Waals surface area contributed by atoms with E-state index >= 15 is 0 Å². The number of aromatic nitrogens is 6. The van der Waals surface area contributed by atoms with Gasteiger partial charge in [0.25, 0.3) is 0 Å². The van der Waals surface area contributed by atoms with Gasteiger partial charge in [-0.15, -0.1) is 0 Å². The molecule has 0 bridgehead atoms. The van der Waals surface area contributed by atoms with Crippen LogP contribution in [0, 0.1) is 0 Å². The molecule has 0 atom stereocenters. The molecule has 8 heteroatoms. The molecule has 0 saturated carbocycles. The molecule has 0 amide bonds. The SMILES string of the molecule is CCOC(=O)c1cnn(-c2ncnc3nc[nH]c23)c1. The molecule has 0 spiro atoms. The molecular formula is C11H10N6O2. The number of esters is 1. The number of hydrogen-bond acceptors (Lipinski definition) is 6. The summed E-state index contributed by atoms with van der Waals surface area (Å²) in [4.78, 5) is 26.7. The van der Waals surface area contributed by atoms with Gasteiger partial charge in [0.1, 0.15) is 11.8 Å². The van der Waals surface area contributed by atoms with E-state index in [1.54, 1.807) is 13.1 Å². The molecule has 0 aliphatic heterocycles. The van der Waals surface area contributed by atoms with Crippen LogP contribution in [-0.2, 0) is 4.74 Å². The summed E-state index contributed by atoms with van der Waals surface area (Å²) in [5.41, 5.74) is 1.56. The van der Waals surface area contributed by atoms with Crippen molar-refractivity contribution in [2.45, 2.75) is 6.92 Å². The highest BCUT2D eigenvalue weighted by Gasteiger charge is 2.13. The van der Waals surface area contributed by atoms with Crippen LogP contribution in [0.25, 0.3) is 17.0 Å². The number of H-pyrrole nitrogens is 1. The van der Waals surface area contributed by atoms with Gasteiger partial charge >= 0.3 is 5.97 Å². The predicted molar refractivity (Wildman–Crippen MR) is 64.8 cm³/mol.